The molecular weight excluding hydrogens is 230 g/mol. The summed E-state index contributed by atoms with van der Waals surface area (Å²) in [6, 6.07) is 0.340. The topological polar surface area (TPSA) is 29.1 Å². The van der Waals surface area contributed by atoms with E-state index in [1.807, 2.05) is 20.8 Å². The molecule has 0 aromatic rings. The number of amides is 1. The highest BCUT2D eigenvalue weighted by atomic mass is 79.9. The fourth-order valence-electron chi connectivity index (χ4n) is 1.46. The zero-order valence-electron chi connectivity index (χ0n) is 8.56. The van der Waals surface area contributed by atoms with Crippen LogP contribution in [0.5, 0.6) is 0 Å². The molecule has 0 spiro atoms. The molecule has 13 heavy (non-hydrogen) atoms. The van der Waals surface area contributed by atoms with Crippen molar-refractivity contribution in [3.05, 3.63) is 0 Å². The van der Waals surface area contributed by atoms with Gasteiger partial charge in [0.15, 0.2) is 0 Å². The molecule has 0 radical (unpaired) electrons. The van der Waals surface area contributed by atoms with Gasteiger partial charge in [0.1, 0.15) is 0 Å². The zero-order valence-corrected chi connectivity index (χ0v) is 10.1. The van der Waals surface area contributed by atoms with E-state index in [0.29, 0.717) is 10.9 Å². The molecular formula is C10H18BrNO. The molecule has 1 aliphatic rings. The Morgan fingerprint density at radius 3 is 2.38 bits per heavy atom. The van der Waals surface area contributed by atoms with Gasteiger partial charge in [0.05, 0.1) is 0 Å². The van der Waals surface area contributed by atoms with E-state index in [1.165, 1.54) is 12.8 Å². The summed E-state index contributed by atoms with van der Waals surface area (Å²) in [6.45, 7) is 5.83. The van der Waals surface area contributed by atoms with E-state index in [0.717, 1.165) is 6.42 Å². The van der Waals surface area contributed by atoms with Crippen LogP contribution in [0.15, 0.2) is 0 Å². The molecule has 0 saturated heterocycles. The average molecular weight is 248 g/mol. The number of hydrogen-bond acceptors (Lipinski definition) is 1. The van der Waals surface area contributed by atoms with Crippen molar-refractivity contribution in [2.75, 3.05) is 0 Å². The Balaban J connectivity index is 2.45. The molecule has 1 N–H and O–H groups in total. The SMILES string of the molecule is CC(C)(C)C(=O)NC1CCCC1Br. The third-order valence-corrected chi connectivity index (χ3v) is 3.53. The van der Waals surface area contributed by atoms with Gasteiger partial charge < -0.3 is 5.32 Å². The lowest BCUT2D eigenvalue weighted by molar-refractivity contribution is -0.129. The van der Waals surface area contributed by atoms with Gasteiger partial charge in [-0.25, -0.2) is 0 Å². The van der Waals surface area contributed by atoms with Crippen LogP contribution < -0.4 is 5.32 Å². The molecule has 2 nitrogen and oxygen atoms in total. The summed E-state index contributed by atoms with van der Waals surface area (Å²) in [5, 5.41) is 3.08. The van der Waals surface area contributed by atoms with Gasteiger partial charge in [-0.1, -0.05) is 43.1 Å². The Kier molecular flexibility index (Phi) is 3.38. The van der Waals surface area contributed by atoms with Crippen LogP contribution in [0.2, 0.25) is 0 Å². The molecule has 2 unspecified atom stereocenters. The summed E-state index contributed by atoms with van der Waals surface area (Å²) in [4.78, 5) is 12.1. The fraction of sp³-hybridized carbons (Fsp3) is 0.900. The van der Waals surface area contributed by atoms with Crippen molar-refractivity contribution in [3.8, 4) is 0 Å². The molecule has 1 saturated carbocycles. The summed E-state index contributed by atoms with van der Waals surface area (Å²) in [6.07, 6.45) is 3.50. The van der Waals surface area contributed by atoms with E-state index in [2.05, 4.69) is 21.2 Å². The van der Waals surface area contributed by atoms with Crippen LogP contribution >= 0.6 is 15.9 Å². The van der Waals surface area contributed by atoms with Crippen molar-refractivity contribution in [3.63, 3.8) is 0 Å². The van der Waals surface area contributed by atoms with Crippen molar-refractivity contribution < 1.29 is 4.79 Å². The van der Waals surface area contributed by atoms with Crippen LogP contribution in [0.3, 0.4) is 0 Å². The van der Waals surface area contributed by atoms with Gasteiger partial charge in [-0.15, -0.1) is 0 Å². The number of halogens is 1. The molecule has 0 aliphatic heterocycles. The first-order valence-electron chi connectivity index (χ1n) is 4.86. The van der Waals surface area contributed by atoms with Crippen molar-refractivity contribution in [1.82, 2.24) is 5.32 Å². The van der Waals surface area contributed by atoms with Gasteiger partial charge in [-0.3, -0.25) is 4.79 Å². The second-order valence-electron chi connectivity index (χ2n) is 4.78. The zero-order chi connectivity index (χ0) is 10.1. The molecule has 3 heteroatoms. The largest absolute Gasteiger partial charge is 0.352 e. The normalized spacial score (nSPS) is 28.9. The lowest BCUT2D eigenvalue weighted by Crippen LogP contribution is -2.43. The lowest BCUT2D eigenvalue weighted by atomic mass is 9.95. The third-order valence-electron chi connectivity index (χ3n) is 2.43. The predicted molar refractivity (Wildman–Crippen MR) is 58.0 cm³/mol. The monoisotopic (exact) mass is 247 g/mol. The molecule has 0 aromatic heterocycles. The van der Waals surface area contributed by atoms with Crippen molar-refractivity contribution in [2.24, 2.45) is 5.41 Å². The fourth-order valence-corrected chi connectivity index (χ4v) is 2.18. The van der Waals surface area contributed by atoms with Gasteiger partial charge in [-0.05, 0) is 12.8 Å². The van der Waals surface area contributed by atoms with Crippen molar-refractivity contribution in [1.29, 1.82) is 0 Å². The Labute approximate surface area is 88.6 Å². The second kappa shape index (κ2) is 3.99. The summed E-state index contributed by atoms with van der Waals surface area (Å²) < 4.78 is 0. The van der Waals surface area contributed by atoms with Crippen LogP contribution in [0, 0.1) is 5.41 Å². The minimum Gasteiger partial charge on any atom is -0.352 e. The highest BCUT2D eigenvalue weighted by molar-refractivity contribution is 9.09. The van der Waals surface area contributed by atoms with Gasteiger partial charge in [-0.2, -0.15) is 0 Å². The van der Waals surface area contributed by atoms with Crippen molar-refractivity contribution in [2.45, 2.75) is 50.9 Å². The molecule has 0 heterocycles. The maximum atomic E-state index is 11.6. The number of hydrogen-bond donors (Lipinski definition) is 1. The van der Waals surface area contributed by atoms with E-state index < -0.39 is 0 Å². The van der Waals surface area contributed by atoms with Crippen LogP contribution in [0.1, 0.15) is 40.0 Å². The maximum Gasteiger partial charge on any atom is 0.225 e. The molecule has 2 atom stereocenters. The highest BCUT2D eigenvalue weighted by Gasteiger charge is 2.30. The van der Waals surface area contributed by atoms with E-state index in [4.69, 9.17) is 0 Å². The number of alkyl halides is 1. The highest BCUT2D eigenvalue weighted by Crippen LogP contribution is 2.26. The van der Waals surface area contributed by atoms with Crippen LogP contribution in [-0.4, -0.2) is 16.8 Å². The van der Waals surface area contributed by atoms with Crippen molar-refractivity contribution >= 4 is 21.8 Å². The Morgan fingerprint density at radius 2 is 2.00 bits per heavy atom. The number of rotatable bonds is 1. The summed E-state index contributed by atoms with van der Waals surface area (Å²) >= 11 is 3.59. The average Bonchev–Trinajstić information content (AvgIpc) is 2.34. The van der Waals surface area contributed by atoms with E-state index in [1.54, 1.807) is 0 Å². The molecule has 0 aromatic carbocycles. The van der Waals surface area contributed by atoms with Crippen LogP contribution in [0.4, 0.5) is 0 Å². The Bertz CT molecular complexity index is 198. The summed E-state index contributed by atoms with van der Waals surface area (Å²) in [5.74, 6) is 0.156. The number of carbonyl (C=O) groups excluding carboxylic acids is 1. The van der Waals surface area contributed by atoms with E-state index in [9.17, 15) is 4.79 Å². The number of nitrogens with one attached hydrogen (secondary N) is 1. The molecule has 0 bridgehead atoms. The maximum absolute atomic E-state index is 11.6. The number of carbonyl (C=O) groups is 1. The van der Waals surface area contributed by atoms with Crippen LogP contribution in [-0.2, 0) is 4.79 Å². The smallest absolute Gasteiger partial charge is 0.225 e. The van der Waals surface area contributed by atoms with E-state index in [-0.39, 0.29) is 11.3 Å². The molecule has 1 fully saturated rings. The first-order chi connectivity index (χ1) is 5.91. The van der Waals surface area contributed by atoms with Gasteiger partial charge >= 0.3 is 0 Å². The Morgan fingerprint density at radius 1 is 1.38 bits per heavy atom. The second-order valence-corrected chi connectivity index (χ2v) is 5.95. The van der Waals surface area contributed by atoms with Gasteiger partial charge in [0.25, 0.3) is 0 Å². The first-order valence-corrected chi connectivity index (χ1v) is 5.78. The molecule has 76 valence electrons. The summed E-state index contributed by atoms with van der Waals surface area (Å²) in [7, 11) is 0. The quantitative estimate of drug-likeness (QED) is 0.709. The Hall–Kier alpha value is -0.0500. The molecule has 1 amide bonds. The van der Waals surface area contributed by atoms with Gasteiger partial charge in [0.2, 0.25) is 5.91 Å². The minimum atomic E-state index is -0.269. The third kappa shape index (κ3) is 2.97. The van der Waals surface area contributed by atoms with Crippen LogP contribution in [0.25, 0.3) is 0 Å². The van der Waals surface area contributed by atoms with Gasteiger partial charge in [0, 0.05) is 16.3 Å². The molecule has 1 rings (SSSR count). The molecule has 1 aliphatic carbocycles. The standard InChI is InChI=1S/C10H18BrNO/c1-10(2,3)9(13)12-8-6-4-5-7(8)11/h7-8H,4-6H2,1-3H3,(H,12,13). The lowest BCUT2D eigenvalue weighted by Gasteiger charge is -2.23. The van der Waals surface area contributed by atoms with E-state index >= 15 is 0 Å². The first kappa shape index (κ1) is 11.0. The minimum absolute atomic E-state index is 0.156. The predicted octanol–water partition coefficient (Wildman–Crippen LogP) is 2.46. The summed E-state index contributed by atoms with van der Waals surface area (Å²) in [5.41, 5.74) is -0.269.